The first kappa shape index (κ1) is 15.8. The normalized spacial score (nSPS) is 11.8. The molecule has 5 nitrogen and oxygen atoms in total. The fourth-order valence-corrected chi connectivity index (χ4v) is 2.39. The molecule has 7 heteroatoms. The summed E-state index contributed by atoms with van der Waals surface area (Å²) in [7, 11) is 0. The van der Waals surface area contributed by atoms with Crippen molar-refractivity contribution >= 4 is 39.3 Å². The Morgan fingerprint density at radius 1 is 1.43 bits per heavy atom. The van der Waals surface area contributed by atoms with Gasteiger partial charge in [-0.05, 0) is 46.6 Å². The zero-order valence-corrected chi connectivity index (χ0v) is 13.6. The van der Waals surface area contributed by atoms with Gasteiger partial charge in [0.1, 0.15) is 0 Å². The van der Waals surface area contributed by atoms with Crippen LogP contribution >= 0.6 is 27.5 Å². The van der Waals surface area contributed by atoms with Gasteiger partial charge in [0.15, 0.2) is 5.82 Å². The number of rotatable bonds is 4. The maximum absolute atomic E-state index is 12.3. The van der Waals surface area contributed by atoms with Gasteiger partial charge in [-0.15, -0.1) is 0 Å². The SMILES string of the molecule is CC(NC(=O)c1cc(Br)cnc1NN)c1cccc(Cl)c1. The molecular weight excluding hydrogens is 356 g/mol. The van der Waals surface area contributed by atoms with E-state index in [1.807, 2.05) is 25.1 Å². The lowest BCUT2D eigenvalue weighted by molar-refractivity contribution is 0.0940. The van der Waals surface area contributed by atoms with E-state index in [2.05, 4.69) is 31.7 Å². The van der Waals surface area contributed by atoms with Crippen LogP contribution in [-0.4, -0.2) is 10.9 Å². The average Bonchev–Trinajstić information content (AvgIpc) is 2.47. The van der Waals surface area contributed by atoms with E-state index in [-0.39, 0.29) is 11.9 Å². The van der Waals surface area contributed by atoms with Gasteiger partial charge in [-0.25, -0.2) is 10.8 Å². The minimum absolute atomic E-state index is 0.194. The summed E-state index contributed by atoms with van der Waals surface area (Å²) >= 11 is 9.24. The molecule has 21 heavy (non-hydrogen) atoms. The summed E-state index contributed by atoms with van der Waals surface area (Å²) in [5.74, 6) is 5.42. The summed E-state index contributed by atoms with van der Waals surface area (Å²) in [6, 6.07) is 8.80. The Bertz CT molecular complexity index is 665. The van der Waals surface area contributed by atoms with Crippen molar-refractivity contribution in [3.05, 3.63) is 57.2 Å². The fourth-order valence-electron chi connectivity index (χ4n) is 1.86. The molecule has 1 unspecified atom stereocenters. The average molecular weight is 370 g/mol. The Labute approximate surface area is 136 Å². The number of hydrogen-bond acceptors (Lipinski definition) is 4. The van der Waals surface area contributed by atoms with Crippen LogP contribution < -0.4 is 16.6 Å². The van der Waals surface area contributed by atoms with E-state index in [1.165, 1.54) is 0 Å². The number of carbonyl (C=O) groups is 1. The molecule has 0 aliphatic rings. The summed E-state index contributed by atoms with van der Waals surface area (Å²) in [6.07, 6.45) is 1.56. The molecule has 4 N–H and O–H groups in total. The number of nitrogen functional groups attached to an aromatic ring is 1. The number of carbonyl (C=O) groups excluding carboxylic acids is 1. The first-order valence-corrected chi connectivity index (χ1v) is 7.37. The Balaban J connectivity index is 2.20. The quantitative estimate of drug-likeness (QED) is 0.571. The van der Waals surface area contributed by atoms with Crippen molar-refractivity contribution in [1.29, 1.82) is 0 Å². The molecule has 1 amide bonds. The first-order chi connectivity index (χ1) is 10.0. The maximum atomic E-state index is 12.3. The number of halogens is 2. The number of hydrazine groups is 1. The van der Waals surface area contributed by atoms with Crippen LogP contribution in [0.2, 0.25) is 5.02 Å². The van der Waals surface area contributed by atoms with Gasteiger partial charge in [-0.2, -0.15) is 0 Å². The van der Waals surface area contributed by atoms with Crippen LogP contribution in [0.5, 0.6) is 0 Å². The van der Waals surface area contributed by atoms with Crippen molar-refractivity contribution in [2.24, 2.45) is 5.84 Å². The number of nitrogens with one attached hydrogen (secondary N) is 2. The van der Waals surface area contributed by atoms with E-state index in [1.54, 1.807) is 18.3 Å². The summed E-state index contributed by atoms with van der Waals surface area (Å²) in [5.41, 5.74) is 3.69. The Morgan fingerprint density at radius 3 is 2.86 bits per heavy atom. The third kappa shape index (κ3) is 3.93. The molecule has 0 aliphatic carbocycles. The van der Waals surface area contributed by atoms with Crippen molar-refractivity contribution in [3.63, 3.8) is 0 Å². The standard InChI is InChI=1S/C14H14BrClN4O/c1-8(9-3-2-4-11(16)5-9)19-14(21)12-6-10(15)7-18-13(12)20-17/h2-8H,17H2,1H3,(H,18,20)(H,19,21). The molecule has 110 valence electrons. The van der Waals surface area contributed by atoms with Gasteiger partial charge in [-0.3, -0.25) is 4.79 Å². The van der Waals surface area contributed by atoms with Crippen LogP contribution in [0, 0.1) is 0 Å². The molecule has 2 aromatic rings. The van der Waals surface area contributed by atoms with Crippen LogP contribution in [0.4, 0.5) is 5.82 Å². The lowest BCUT2D eigenvalue weighted by atomic mass is 10.1. The van der Waals surface area contributed by atoms with Crippen molar-refractivity contribution in [2.75, 3.05) is 5.43 Å². The van der Waals surface area contributed by atoms with Gasteiger partial charge in [-0.1, -0.05) is 23.7 Å². The molecule has 1 heterocycles. The highest BCUT2D eigenvalue weighted by Crippen LogP contribution is 2.20. The minimum Gasteiger partial charge on any atom is -0.345 e. The minimum atomic E-state index is -0.274. The Morgan fingerprint density at radius 2 is 2.19 bits per heavy atom. The van der Waals surface area contributed by atoms with Crippen molar-refractivity contribution < 1.29 is 4.79 Å². The van der Waals surface area contributed by atoms with Gasteiger partial charge < -0.3 is 10.7 Å². The topological polar surface area (TPSA) is 80.0 Å². The van der Waals surface area contributed by atoms with Gasteiger partial charge in [0.05, 0.1) is 11.6 Å². The number of nitrogens with two attached hydrogens (primary N) is 1. The number of nitrogens with zero attached hydrogens (tertiary/aromatic N) is 1. The third-order valence-electron chi connectivity index (χ3n) is 2.93. The smallest absolute Gasteiger partial charge is 0.255 e. The lowest BCUT2D eigenvalue weighted by Crippen LogP contribution is -2.28. The molecule has 0 fully saturated rings. The maximum Gasteiger partial charge on any atom is 0.255 e. The monoisotopic (exact) mass is 368 g/mol. The molecule has 2 rings (SSSR count). The highest BCUT2D eigenvalue weighted by molar-refractivity contribution is 9.10. The molecule has 0 saturated heterocycles. The van der Waals surface area contributed by atoms with Crippen LogP contribution in [0.3, 0.4) is 0 Å². The number of benzene rings is 1. The van der Waals surface area contributed by atoms with Gasteiger partial charge in [0.25, 0.3) is 5.91 Å². The summed E-state index contributed by atoms with van der Waals surface area (Å²) in [4.78, 5) is 16.4. The predicted octanol–water partition coefficient (Wildman–Crippen LogP) is 3.27. The Kier molecular flexibility index (Phi) is 5.17. The second-order valence-corrected chi connectivity index (χ2v) is 5.80. The van der Waals surface area contributed by atoms with Crippen LogP contribution in [0.25, 0.3) is 0 Å². The highest BCUT2D eigenvalue weighted by Gasteiger charge is 2.16. The van der Waals surface area contributed by atoms with E-state index >= 15 is 0 Å². The van der Waals surface area contributed by atoms with E-state index in [9.17, 15) is 4.79 Å². The predicted molar refractivity (Wildman–Crippen MR) is 87.1 cm³/mol. The van der Waals surface area contributed by atoms with E-state index in [4.69, 9.17) is 17.4 Å². The van der Waals surface area contributed by atoms with Crippen LogP contribution in [0.1, 0.15) is 28.9 Å². The van der Waals surface area contributed by atoms with Crippen molar-refractivity contribution in [2.45, 2.75) is 13.0 Å². The second kappa shape index (κ2) is 6.89. The van der Waals surface area contributed by atoms with Gasteiger partial charge in [0.2, 0.25) is 0 Å². The molecule has 1 atom stereocenters. The number of aromatic nitrogens is 1. The van der Waals surface area contributed by atoms with E-state index in [0.29, 0.717) is 20.9 Å². The van der Waals surface area contributed by atoms with Gasteiger partial charge >= 0.3 is 0 Å². The number of hydrogen-bond donors (Lipinski definition) is 3. The second-order valence-electron chi connectivity index (χ2n) is 4.44. The summed E-state index contributed by atoms with van der Waals surface area (Å²) in [6.45, 7) is 1.88. The zero-order valence-electron chi connectivity index (χ0n) is 11.2. The summed E-state index contributed by atoms with van der Waals surface area (Å²) in [5, 5.41) is 3.51. The van der Waals surface area contributed by atoms with Gasteiger partial charge in [0, 0.05) is 15.7 Å². The molecule has 0 aliphatic heterocycles. The fraction of sp³-hybridized carbons (Fsp3) is 0.143. The highest BCUT2D eigenvalue weighted by atomic mass is 79.9. The molecule has 1 aromatic heterocycles. The molecule has 1 aromatic carbocycles. The molecule has 0 radical (unpaired) electrons. The third-order valence-corrected chi connectivity index (χ3v) is 3.60. The number of pyridine rings is 1. The lowest BCUT2D eigenvalue weighted by Gasteiger charge is -2.16. The number of anilines is 1. The van der Waals surface area contributed by atoms with E-state index < -0.39 is 0 Å². The van der Waals surface area contributed by atoms with Crippen molar-refractivity contribution in [3.8, 4) is 0 Å². The molecule has 0 bridgehead atoms. The molecular formula is C14H14BrClN4O. The largest absolute Gasteiger partial charge is 0.345 e. The van der Waals surface area contributed by atoms with E-state index in [0.717, 1.165) is 5.56 Å². The van der Waals surface area contributed by atoms with Crippen molar-refractivity contribution in [1.82, 2.24) is 10.3 Å². The van der Waals surface area contributed by atoms with Crippen LogP contribution in [-0.2, 0) is 0 Å². The molecule has 0 spiro atoms. The zero-order chi connectivity index (χ0) is 15.4. The molecule has 0 saturated carbocycles. The number of amides is 1. The Hall–Kier alpha value is -1.63. The summed E-state index contributed by atoms with van der Waals surface area (Å²) < 4.78 is 0.696. The van der Waals surface area contributed by atoms with Crippen LogP contribution in [0.15, 0.2) is 41.0 Å². The first-order valence-electron chi connectivity index (χ1n) is 6.19.